The molecule has 1 aliphatic heterocycles. The highest BCUT2D eigenvalue weighted by molar-refractivity contribution is 5.87. The van der Waals surface area contributed by atoms with Crippen molar-refractivity contribution in [2.45, 2.75) is 32.7 Å². The quantitative estimate of drug-likeness (QED) is 0.780. The van der Waals surface area contributed by atoms with Crippen LogP contribution in [0.15, 0.2) is 18.6 Å². The van der Waals surface area contributed by atoms with Gasteiger partial charge < -0.3 is 10.2 Å². The lowest BCUT2D eigenvalue weighted by Gasteiger charge is -2.33. The third-order valence-corrected chi connectivity index (χ3v) is 4.63. The second-order valence-electron chi connectivity index (χ2n) is 6.55. The van der Waals surface area contributed by atoms with Gasteiger partial charge in [-0.25, -0.2) is 19.9 Å². The second kappa shape index (κ2) is 6.27. The molecule has 1 fully saturated rings. The van der Waals surface area contributed by atoms with E-state index in [-0.39, 0.29) is 0 Å². The number of hydrogen-bond acceptors (Lipinski definition) is 7. The zero-order valence-electron chi connectivity index (χ0n) is 14.8. The summed E-state index contributed by atoms with van der Waals surface area (Å²) in [5.74, 6) is 2.67. The predicted molar refractivity (Wildman–Crippen MR) is 96.7 cm³/mol. The number of nitrogens with zero attached hydrogens (tertiary/aromatic N) is 7. The average Bonchev–Trinajstić information content (AvgIpc) is 2.96. The van der Waals surface area contributed by atoms with Gasteiger partial charge in [-0.05, 0) is 26.7 Å². The Balaban J connectivity index is 1.49. The fourth-order valence-corrected chi connectivity index (χ4v) is 3.33. The smallest absolute Gasteiger partial charge is 0.163 e. The number of nitrogens with one attached hydrogen (secondary N) is 1. The fourth-order valence-electron chi connectivity index (χ4n) is 3.33. The van der Waals surface area contributed by atoms with E-state index in [0.29, 0.717) is 6.04 Å². The Bertz CT molecular complexity index is 895. The molecule has 8 heteroatoms. The maximum absolute atomic E-state index is 4.68. The van der Waals surface area contributed by atoms with E-state index >= 15 is 0 Å². The summed E-state index contributed by atoms with van der Waals surface area (Å²) in [6.45, 7) is 5.80. The fraction of sp³-hybridized carbons (Fsp3) is 0.471. The number of hydrogen-bond donors (Lipinski definition) is 1. The van der Waals surface area contributed by atoms with E-state index in [0.717, 1.165) is 60.1 Å². The number of piperidine rings is 1. The molecule has 1 N–H and O–H groups in total. The molecule has 0 spiro atoms. The lowest BCUT2D eigenvalue weighted by Crippen LogP contribution is -2.39. The minimum Gasteiger partial charge on any atom is -0.367 e. The summed E-state index contributed by atoms with van der Waals surface area (Å²) >= 11 is 0. The lowest BCUT2D eigenvalue weighted by molar-refractivity contribution is 0.523. The summed E-state index contributed by atoms with van der Waals surface area (Å²) in [7, 11) is 1.92. The van der Waals surface area contributed by atoms with Crippen molar-refractivity contribution >= 4 is 22.7 Å². The Morgan fingerprint density at radius 3 is 2.68 bits per heavy atom. The summed E-state index contributed by atoms with van der Waals surface area (Å²) in [6.07, 6.45) is 5.54. The van der Waals surface area contributed by atoms with Crippen molar-refractivity contribution in [1.29, 1.82) is 0 Å². The van der Waals surface area contributed by atoms with Gasteiger partial charge in [0.05, 0.1) is 11.6 Å². The first-order chi connectivity index (χ1) is 12.1. The van der Waals surface area contributed by atoms with Gasteiger partial charge in [-0.1, -0.05) is 0 Å². The zero-order chi connectivity index (χ0) is 17.4. The van der Waals surface area contributed by atoms with Crippen molar-refractivity contribution in [1.82, 2.24) is 29.7 Å². The first-order valence-electron chi connectivity index (χ1n) is 8.56. The highest BCUT2D eigenvalue weighted by Gasteiger charge is 2.23. The Hall–Kier alpha value is -2.77. The van der Waals surface area contributed by atoms with E-state index in [4.69, 9.17) is 0 Å². The van der Waals surface area contributed by atoms with Crippen LogP contribution < -0.4 is 10.2 Å². The van der Waals surface area contributed by atoms with E-state index in [9.17, 15) is 0 Å². The third-order valence-electron chi connectivity index (χ3n) is 4.63. The van der Waals surface area contributed by atoms with E-state index in [1.807, 2.05) is 33.2 Å². The third kappa shape index (κ3) is 3.11. The lowest BCUT2D eigenvalue weighted by atomic mass is 10.0. The van der Waals surface area contributed by atoms with Crippen LogP contribution in [0.25, 0.3) is 11.0 Å². The monoisotopic (exact) mass is 338 g/mol. The first kappa shape index (κ1) is 15.7. The molecule has 130 valence electrons. The maximum atomic E-state index is 4.68. The van der Waals surface area contributed by atoms with Crippen LogP contribution in [0.1, 0.15) is 24.4 Å². The first-order valence-corrected chi connectivity index (χ1v) is 8.56. The molecule has 1 aliphatic rings. The van der Waals surface area contributed by atoms with E-state index < -0.39 is 0 Å². The Labute approximate surface area is 146 Å². The van der Waals surface area contributed by atoms with Gasteiger partial charge in [-0.15, -0.1) is 0 Å². The minimum atomic E-state index is 0.415. The molecule has 0 atom stereocenters. The van der Waals surface area contributed by atoms with Gasteiger partial charge in [0.15, 0.2) is 5.65 Å². The van der Waals surface area contributed by atoms with Crippen LogP contribution >= 0.6 is 0 Å². The summed E-state index contributed by atoms with van der Waals surface area (Å²) in [6, 6.07) is 2.40. The van der Waals surface area contributed by atoms with Gasteiger partial charge in [0.2, 0.25) is 0 Å². The molecule has 3 aromatic heterocycles. The topological polar surface area (TPSA) is 84.6 Å². The maximum Gasteiger partial charge on any atom is 0.163 e. The molecule has 1 saturated heterocycles. The number of rotatable bonds is 3. The Kier molecular flexibility index (Phi) is 3.95. The van der Waals surface area contributed by atoms with Crippen molar-refractivity contribution in [2.24, 2.45) is 7.05 Å². The average molecular weight is 338 g/mol. The molecule has 3 aromatic rings. The molecule has 4 rings (SSSR count). The van der Waals surface area contributed by atoms with Gasteiger partial charge in [-0.3, -0.25) is 4.68 Å². The van der Waals surface area contributed by atoms with Gasteiger partial charge in [0.1, 0.15) is 23.8 Å². The number of aryl methyl sites for hydroxylation is 3. The number of aromatic nitrogens is 6. The number of anilines is 2. The van der Waals surface area contributed by atoms with Crippen molar-refractivity contribution in [3.63, 3.8) is 0 Å². The van der Waals surface area contributed by atoms with Crippen LogP contribution in [-0.4, -0.2) is 48.8 Å². The molecule has 0 saturated carbocycles. The Morgan fingerprint density at radius 1 is 1.12 bits per heavy atom. The van der Waals surface area contributed by atoms with Gasteiger partial charge in [0.25, 0.3) is 0 Å². The molecule has 4 heterocycles. The van der Waals surface area contributed by atoms with E-state index in [1.165, 1.54) is 0 Å². The molecule has 0 aliphatic carbocycles. The van der Waals surface area contributed by atoms with Crippen LogP contribution in [0.2, 0.25) is 0 Å². The predicted octanol–water partition coefficient (Wildman–Crippen LogP) is 1.85. The van der Waals surface area contributed by atoms with Crippen molar-refractivity contribution in [3.8, 4) is 0 Å². The molecule has 0 unspecified atom stereocenters. The summed E-state index contributed by atoms with van der Waals surface area (Å²) < 4.78 is 1.80. The van der Waals surface area contributed by atoms with Gasteiger partial charge in [0, 0.05) is 37.9 Å². The summed E-state index contributed by atoms with van der Waals surface area (Å²) in [5, 5.41) is 8.87. The molecular formula is C17H22N8. The SMILES string of the molecule is Cc1cc(NC2CCN(c3nc(C)nc4c3cnn4C)CC2)ncn1. The zero-order valence-corrected chi connectivity index (χ0v) is 14.8. The molecule has 25 heavy (non-hydrogen) atoms. The van der Waals surface area contributed by atoms with Crippen molar-refractivity contribution in [2.75, 3.05) is 23.3 Å². The molecule has 0 aromatic carbocycles. The number of fused-ring (bicyclic) bond motifs is 1. The van der Waals surface area contributed by atoms with Crippen LogP contribution in [0, 0.1) is 13.8 Å². The molecule has 0 radical (unpaired) electrons. The second-order valence-corrected chi connectivity index (χ2v) is 6.55. The highest BCUT2D eigenvalue weighted by atomic mass is 15.3. The van der Waals surface area contributed by atoms with Gasteiger partial charge in [-0.2, -0.15) is 5.10 Å². The van der Waals surface area contributed by atoms with Crippen LogP contribution in [0.3, 0.4) is 0 Å². The molecule has 0 amide bonds. The van der Waals surface area contributed by atoms with Crippen LogP contribution in [0.4, 0.5) is 11.6 Å². The Morgan fingerprint density at radius 2 is 1.92 bits per heavy atom. The highest BCUT2D eigenvalue weighted by Crippen LogP contribution is 2.26. The van der Waals surface area contributed by atoms with Crippen LogP contribution in [0.5, 0.6) is 0 Å². The van der Waals surface area contributed by atoms with E-state index in [1.54, 1.807) is 11.0 Å². The normalized spacial score (nSPS) is 15.7. The largest absolute Gasteiger partial charge is 0.367 e. The molecule has 0 bridgehead atoms. The molecule has 8 nitrogen and oxygen atoms in total. The molecular weight excluding hydrogens is 316 g/mol. The standard InChI is InChI=1S/C17H22N8/c1-11-8-15(19-10-18-11)23-13-4-6-25(7-5-13)17-14-9-20-24(3)16(14)21-12(2)22-17/h8-10,13H,4-7H2,1-3H3,(H,18,19,23). The summed E-state index contributed by atoms with van der Waals surface area (Å²) in [4.78, 5) is 20.0. The van der Waals surface area contributed by atoms with Gasteiger partial charge >= 0.3 is 0 Å². The summed E-state index contributed by atoms with van der Waals surface area (Å²) in [5.41, 5.74) is 1.87. The van der Waals surface area contributed by atoms with Crippen LogP contribution in [-0.2, 0) is 7.05 Å². The van der Waals surface area contributed by atoms with Crippen molar-refractivity contribution < 1.29 is 0 Å². The minimum absolute atomic E-state index is 0.415. The van der Waals surface area contributed by atoms with E-state index in [2.05, 4.69) is 35.3 Å². The van der Waals surface area contributed by atoms with Crippen molar-refractivity contribution in [3.05, 3.63) is 30.1 Å².